The minimum Gasteiger partial charge on any atom is -0.387 e. The van der Waals surface area contributed by atoms with Crippen LogP contribution in [0.2, 0.25) is 0 Å². The molecule has 7 N–H and O–H groups in total. The Morgan fingerprint density at radius 1 is 1.11 bits per heavy atom. The Kier molecular flexibility index (Phi) is 7.76. The van der Waals surface area contributed by atoms with Crippen LogP contribution in [-0.2, 0) is 27.4 Å². The fraction of sp³-hybridized carbons (Fsp3) is 1.00. The van der Waals surface area contributed by atoms with E-state index in [0.29, 0.717) is 0 Å². The van der Waals surface area contributed by atoms with Crippen LogP contribution in [-0.4, -0.2) is 115 Å². The third-order valence-electron chi connectivity index (χ3n) is 4.31. The second-order valence-electron chi connectivity index (χ2n) is 6.30. The maximum Gasteiger partial charge on any atom is 0.481 e. The topological polar surface area (TPSA) is 219 Å². The van der Waals surface area contributed by atoms with E-state index in [1.807, 2.05) is 0 Å². The van der Waals surface area contributed by atoms with E-state index in [1.165, 1.54) is 19.1 Å². The first-order chi connectivity index (χ1) is 12.8. The van der Waals surface area contributed by atoms with Gasteiger partial charge in [0, 0.05) is 13.7 Å². The molecule has 2 rings (SSSR count). The molecule has 2 aliphatic heterocycles. The van der Waals surface area contributed by atoms with Crippen molar-refractivity contribution < 1.29 is 62.5 Å². The molecule has 28 heavy (non-hydrogen) atoms. The van der Waals surface area contributed by atoms with Gasteiger partial charge in [0.2, 0.25) is 0 Å². The average Bonchev–Trinajstić information content (AvgIpc) is 2.83. The molecule has 2 aliphatic rings. The Bertz CT molecular complexity index is 634. The monoisotopic (exact) mass is 454 g/mol. The number of methoxy groups -OCH3 is 1. The zero-order chi connectivity index (χ0) is 21.4. The Morgan fingerprint density at radius 3 is 2.25 bits per heavy atom. The second kappa shape index (κ2) is 8.98. The minimum absolute atomic E-state index is 0.153. The normalized spacial score (nSPS) is 40.5. The van der Waals surface area contributed by atoms with E-state index < -0.39 is 65.5 Å². The molecule has 0 saturated carbocycles. The molecular weight excluding hydrogens is 430 g/mol. The highest BCUT2D eigenvalue weighted by Gasteiger charge is 2.53. The number of aliphatic hydroxyl groups is 4. The molecule has 0 amide bonds. The molecule has 0 bridgehead atoms. The van der Waals surface area contributed by atoms with E-state index in [0.717, 1.165) is 4.90 Å². The van der Waals surface area contributed by atoms with Gasteiger partial charge in [-0.05, 0) is 7.05 Å². The first-order valence-electron chi connectivity index (χ1n) is 7.90. The highest BCUT2D eigenvalue weighted by Crippen LogP contribution is 2.57. The van der Waals surface area contributed by atoms with Gasteiger partial charge in [0.1, 0.15) is 36.9 Å². The van der Waals surface area contributed by atoms with Crippen LogP contribution in [0.3, 0.4) is 0 Å². The van der Waals surface area contributed by atoms with Crippen molar-refractivity contribution >= 4 is 15.6 Å². The lowest BCUT2D eigenvalue weighted by atomic mass is 10.1. The highest BCUT2D eigenvalue weighted by atomic mass is 31.3. The van der Waals surface area contributed by atoms with Crippen molar-refractivity contribution in [3.63, 3.8) is 0 Å². The van der Waals surface area contributed by atoms with Gasteiger partial charge in [-0.15, -0.1) is 0 Å². The fourth-order valence-corrected chi connectivity index (χ4v) is 4.54. The largest absolute Gasteiger partial charge is 0.481 e. The lowest BCUT2D eigenvalue weighted by Crippen LogP contribution is -2.67. The van der Waals surface area contributed by atoms with E-state index in [-0.39, 0.29) is 6.54 Å². The third-order valence-corrected chi connectivity index (χ3v) is 6.46. The summed E-state index contributed by atoms with van der Waals surface area (Å²) in [5.74, 6) is 0. The summed E-state index contributed by atoms with van der Waals surface area (Å²) < 4.78 is 40.6. The molecule has 15 nitrogen and oxygen atoms in total. The Hall–Kier alpha value is -0.0600. The minimum atomic E-state index is -5.33. The summed E-state index contributed by atoms with van der Waals surface area (Å²) in [6.45, 7) is -0.743. The standard InChI is InChI=1S/C11H24N2O13P2/c1-12-3-5(23-2)9(16)13(11(12)17)10-8(15)7(14)6(25-10)4-24-28(21,22)26-27(18,19)20/h5-11,14-17H,3-4H2,1-2H3,(H,21,22)(H2,18,19,20). The predicted octanol–water partition coefficient (Wildman–Crippen LogP) is -3.48. The highest BCUT2D eigenvalue weighted by molar-refractivity contribution is 7.60. The lowest BCUT2D eigenvalue weighted by Gasteiger charge is -2.47. The van der Waals surface area contributed by atoms with Crippen LogP contribution in [0.15, 0.2) is 0 Å². The van der Waals surface area contributed by atoms with E-state index >= 15 is 0 Å². The Morgan fingerprint density at radius 2 is 1.71 bits per heavy atom. The molecule has 0 aromatic carbocycles. The number of phosphoric acid groups is 2. The van der Waals surface area contributed by atoms with Gasteiger partial charge in [-0.1, -0.05) is 0 Å². The number of likely N-dealkylation sites (N-methyl/N-ethyl adjacent to an activating group) is 1. The van der Waals surface area contributed by atoms with Gasteiger partial charge in [-0.3, -0.25) is 9.42 Å². The van der Waals surface area contributed by atoms with E-state index in [4.69, 9.17) is 19.3 Å². The molecule has 0 aromatic rings. The van der Waals surface area contributed by atoms with E-state index in [9.17, 15) is 34.4 Å². The number of hydrogen-bond donors (Lipinski definition) is 7. The number of nitrogens with zero attached hydrogens (tertiary/aromatic N) is 2. The number of ether oxygens (including phenoxy) is 2. The molecule has 2 heterocycles. The number of hydrogen-bond acceptors (Lipinski definition) is 12. The second-order valence-corrected chi connectivity index (χ2v) is 9.13. The number of rotatable bonds is 7. The van der Waals surface area contributed by atoms with Gasteiger partial charge >= 0.3 is 15.6 Å². The summed E-state index contributed by atoms with van der Waals surface area (Å²) in [7, 11) is -7.68. The van der Waals surface area contributed by atoms with Crippen LogP contribution in [0, 0.1) is 0 Å². The molecule has 0 aliphatic carbocycles. The molecule has 0 spiro atoms. The van der Waals surface area contributed by atoms with Gasteiger partial charge in [0.15, 0.2) is 6.35 Å². The van der Waals surface area contributed by atoms with Gasteiger partial charge in [-0.2, -0.15) is 4.31 Å². The molecule has 0 radical (unpaired) electrons. The van der Waals surface area contributed by atoms with Crippen molar-refractivity contribution in [3.8, 4) is 0 Å². The maximum absolute atomic E-state index is 11.5. The van der Waals surface area contributed by atoms with Crippen molar-refractivity contribution in [1.82, 2.24) is 9.80 Å². The molecule has 8 atom stereocenters. The van der Waals surface area contributed by atoms with Gasteiger partial charge in [-0.25, -0.2) is 14.0 Å². The van der Waals surface area contributed by atoms with Crippen LogP contribution in [0.5, 0.6) is 0 Å². The quantitative estimate of drug-likeness (QED) is 0.186. The summed E-state index contributed by atoms with van der Waals surface area (Å²) in [4.78, 5) is 28.7. The van der Waals surface area contributed by atoms with E-state index in [2.05, 4.69) is 8.83 Å². The van der Waals surface area contributed by atoms with E-state index in [1.54, 1.807) is 0 Å². The van der Waals surface area contributed by atoms with Gasteiger partial charge in [0.25, 0.3) is 0 Å². The summed E-state index contributed by atoms with van der Waals surface area (Å²) in [5.41, 5.74) is 0. The van der Waals surface area contributed by atoms with Crippen molar-refractivity contribution in [2.75, 3.05) is 27.3 Å². The first kappa shape index (κ1) is 24.2. The van der Waals surface area contributed by atoms with Crippen molar-refractivity contribution in [3.05, 3.63) is 0 Å². The predicted molar refractivity (Wildman–Crippen MR) is 86.9 cm³/mol. The lowest BCUT2D eigenvalue weighted by molar-refractivity contribution is -0.294. The molecule has 2 saturated heterocycles. The zero-order valence-electron chi connectivity index (χ0n) is 14.8. The van der Waals surface area contributed by atoms with Crippen molar-refractivity contribution in [2.45, 2.75) is 43.2 Å². The smallest absolute Gasteiger partial charge is 0.387 e. The summed E-state index contributed by atoms with van der Waals surface area (Å²) in [5, 5.41) is 41.0. The molecule has 0 aromatic heterocycles. The summed E-state index contributed by atoms with van der Waals surface area (Å²) in [6, 6.07) is 0. The molecule has 8 unspecified atom stereocenters. The number of aliphatic hydroxyl groups excluding tert-OH is 4. The van der Waals surface area contributed by atoms with Crippen molar-refractivity contribution in [1.29, 1.82) is 0 Å². The van der Waals surface area contributed by atoms with Crippen LogP contribution in [0.1, 0.15) is 0 Å². The summed E-state index contributed by atoms with van der Waals surface area (Å²) >= 11 is 0. The maximum atomic E-state index is 11.5. The fourth-order valence-electron chi connectivity index (χ4n) is 2.95. The van der Waals surface area contributed by atoms with Crippen molar-refractivity contribution in [2.24, 2.45) is 0 Å². The zero-order valence-corrected chi connectivity index (χ0v) is 16.6. The van der Waals surface area contributed by atoms with Crippen LogP contribution in [0.4, 0.5) is 0 Å². The molecule has 166 valence electrons. The Labute approximate surface area is 159 Å². The van der Waals surface area contributed by atoms with Gasteiger partial charge < -0.3 is 44.6 Å². The Balaban J connectivity index is 2.09. The molecule has 17 heteroatoms. The molecular formula is C11H24N2O13P2. The first-order valence-corrected chi connectivity index (χ1v) is 10.9. The molecule has 2 fully saturated rings. The van der Waals surface area contributed by atoms with Crippen LogP contribution in [0.25, 0.3) is 0 Å². The average molecular weight is 454 g/mol. The van der Waals surface area contributed by atoms with Gasteiger partial charge in [0.05, 0.1) is 6.61 Å². The summed E-state index contributed by atoms with van der Waals surface area (Å²) in [6.07, 6.45) is -9.91. The SMILES string of the molecule is COC1CN(C)C(O)N(C2OC(COP(=O)(O)OP(=O)(O)O)C(O)C2O)C1O. The third kappa shape index (κ3) is 5.55. The van der Waals surface area contributed by atoms with Crippen LogP contribution >= 0.6 is 15.6 Å². The number of phosphoric ester groups is 1. The van der Waals surface area contributed by atoms with Crippen LogP contribution < -0.4 is 0 Å².